The van der Waals surface area contributed by atoms with Crippen molar-refractivity contribution >= 4 is 29.9 Å². The molecule has 0 radical (unpaired) electrons. The highest BCUT2D eigenvalue weighted by molar-refractivity contribution is 14.0. The zero-order valence-electron chi connectivity index (χ0n) is 15.9. The average Bonchev–Trinajstić information content (AvgIpc) is 2.64. The van der Waals surface area contributed by atoms with Crippen LogP contribution < -0.4 is 15.4 Å². The van der Waals surface area contributed by atoms with Crippen molar-refractivity contribution in [2.45, 2.75) is 38.5 Å². The molecule has 0 atom stereocenters. The second-order valence-electron chi connectivity index (χ2n) is 6.27. The molecule has 2 N–H and O–H groups in total. The summed E-state index contributed by atoms with van der Waals surface area (Å²) in [5.74, 6) is 0.726. The Bertz CT molecular complexity index is 612. The number of hydrogen-bond acceptors (Lipinski definition) is 4. The summed E-state index contributed by atoms with van der Waals surface area (Å²) < 4.78 is 40.8. The first kappa shape index (κ1) is 23.8. The maximum atomic E-state index is 12.6. The molecule has 1 aromatic carbocycles. The van der Waals surface area contributed by atoms with E-state index in [1.54, 1.807) is 26.3 Å². The molecule has 0 spiro atoms. The number of aliphatic imine (C=N–C) groups is 1. The van der Waals surface area contributed by atoms with Crippen LogP contribution in [0.3, 0.4) is 0 Å². The molecule has 1 fully saturated rings. The van der Waals surface area contributed by atoms with E-state index in [2.05, 4.69) is 20.4 Å². The number of hydrogen-bond donors (Lipinski definition) is 2. The largest absolute Gasteiger partial charge is 0.434 e. The smallest absolute Gasteiger partial charge is 0.387 e. The minimum atomic E-state index is -2.86. The highest BCUT2D eigenvalue weighted by atomic mass is 127. The van der Waals surface area contributed by atoms with Crippen LogP contribution in [0.25, 0.3) is 0 Å². The Morgan fingerprint density at radius 1 is 1.30 bits per heavy atom. The van der Waals surface area contributed by atoms with Gasteiger partial charge in [-0.05, 0) is 13.0 Å². The molecular weight excluding hydrogens is 471 g/mol. The van der Waals surface area contributed by atoms with Crippen LogP contribution in [0, 0.1) is 6.92 Å². The van der Waals surface area contributed by atoms with E-state index >= 15 is 0 Å². The lowest BCUT2D eigenvalue weighted by molar-refractivity contribution is -0.0855. The second-order valence-corrected chi connectivity index (χ2v) is 6.27. The molecule has 27 heavy (non-hydrogen) atoms. The summed E-state index contributed by atoms with van der Waals surface area (Å²) in [6, 6.07) is 5.10. The molecule has 0 aliphatic carbocycles. The zero-order chi connectivity index (χ0) is 19.0. The molecule has 1 aliphatic heterocycles. The van der Waals surface area contributed by atoms with Gasteiger partial charge in [0.15, 0.2) is 5.96 Å². The van der Waals surface area contributed by atoms with Crippen molar-refractivity contribution < 1.29 is 23.0 Å². The van der Waals surface area contributed by atoms with Crippen molar-refractivity contribution in [2.75, 3.05) is 33.9 Å². The fourth-order valence-electron chi connectivity index (χ4n) is 2.90. The molecule has 0 unspecified atom stereocenters. The van der Waals surface area contributed by atoms with E-state index in [0.29, 0.717) is 37.8 Å². The van der Waals surface area contributed by atoms with Gasteiger partial charge in [-0.3, -0.25) is 4.99 Å². The van der Waals surface area contributed by atoms with Crippen LogP contribution in [-0.2, 0) is 16.0 Å². The maximum Gasteiger partial charge on any atom is 0.387 e. The van der Waals surface area contributed by atoms with Gasteiger partial charge in [0, 0.05) is 58.9 Å². The molecule has 1 aromatic rings. The number of ether oxygens (including phenoxy) is 3. The molecule has 1 aliphatic rings. The summed E-state index contributed by atoms with van der Waals surface area (Å²) >= 11 is 0. The number of guanidine groups is 1. The molecule has 0 aromatic heterocycles. The lowest BCUT2D eigenvalue weighted by atomic mass is 9.94. The third kappa shape index (κ3) is 7.38. The molecular formula is C18H28F2IN3O3. The fraction of sp³-hybridized carbons (Fsp3) is 0.611. The van der Waals surface area contributed by atoms with Crippen molar-refractivity contribution in [1.29, 1.82) is 0 Å². The average molecular weight is 499 g/mol. The summed E-state index contributed by atoms with van der Waals surface area (Å²) in [7, 11) is 3.36. The summed E-state index contributed by atoms with van der Waals surface area (Å²) in [4.78, 5) is 4.18. The van der Waals surface area contributed by atoms with Crippen LogP contribution in [0.1, 0.15) is 24.0 Å². The maximum absolute atomic E-state index is 12.6. The summed E-state index contributed by atoms with van der Waals surface area (Å²) in [6.07, 6.45) is 1.61. The molecule has 9 heteroatoms. The van der Waals surface area contributed by atoms with Gasteiger partial charge < -0.3 is 24.8 Å². The van der Waals surface area contributed by atoms with E-state index in [1.807, 2.05) is 13.0 Å². The first-order chi connectivity index (χ1) is 12.5. The Balaban J connectivity index is 0.00000364. The highest BCUT2D eigenvalue weighted by Crippen LogP contribution is 2.24. The molecule has 1 heterocycles. The molecule has 0 amide bonds. The number of halogens is 3. The van der Waals surface area contributed by atoms with Crippen LogP contribution in [0.2, 0.25) is 0 Å². The summed E-state index contributed by atoms with van der Waals surface area (Å²) in [5.41, 5.74) is 1.32. The zero-order valence-corrected chi connectivity index (χ0v) is 18.2. The predicted molar refractivity (Wildman–Crippen MR) is 111 cm³/mol. The number of aryl methyl sites for hydroxylation is 1. The van der Waals surface area contributed by atoms with E-state index in [1.165, 1.54) is 0 Å². The number of rotatable bonds is 7. The third-order valence-corrected chi connectivity index (χ3v) is 4.52. The van der Waals surface area contributed by atoms with Gasteiger partial charge in [-0.1, -0.05) is 17.7 Å². The molecule has 2 rings (SSSR count). The van der Waals surface area contributed by atoms with E-state index in [-0.39, 0.29) is 35.3 Å². The van der Waals surface area contributed by atoms with Crippen LogP contribution in [0.15, 0.2) is 23.2 Å². The Labute approximate surface area is 176 Å². The van der Waals surface area contributed by atoms with Crippen molar-refractivity contribution in [3.8, 4) is 5.75 Å². The Morgan fingerprint density at radius 3 is 2.59 bits per heavy atom. The summed E-state index contributed by atoms with van der Waals surface area (Å²) in [6.45, 7) is 1.27. The molecule has 1 saturated heterocycles. The van der Waals surface area contributed by atoms with Gasteiger partial charge >= 0.3 is 6.61 Å². The fourth-order valence-corrected chi connectivity index (χ4v) is 2.90. The van der Waals surface area contributed by atoms with E-state index in [4.69, 9.17) is 9.47 Å². The molecule has 0 bridgehead atoms. The first-order valence-corrected chi connectivity index (χ1v) is 8.60. The third-order valence-electron chi connectivity index (χ3n) is 4.52. The van der Waals surface area contributed by atoms with E-state index in [9.17, 15) is 8.78 Å². The van der Waals surface area contributed by atoms with Gasteiger partial charge in [-0.2, -0.15) is 8.78 Å². The minimum Gasteiger partial charge on any atom is -0.434 e. The van der Waals surface area contributed by atoms with Crippen LogP contribution in [0.5, 0.6) is 5.75 Å². The molecule has 154 valence electrons. The number of nitrogens with one attached hydrogen (secondary N) is 2. The van der Waals surface area contributed by atoms with Gasteiger partial charge in [0.05, 0.1) is 5.60 Å². The van der Waals surface area contributed by atoms with Crippen LogP contribution in [-0.4, -0.2) is 52.1 Å². The van der Waals surface area contributed by atoms with Crippen LogP contribution >= 0.6 is 24.0 Å². The second kappa shape index (κ2) is 11.6. The van der Waals surface area contributed by atoms with Crippen molar-refractivity contribution in [1.82, 2.24) is 10.6 Å². The van der Waals surface area contributed by atoms with Gasteiger partial charge in [0.25, 0.3) is 0 Å². The lowest BCUT2D eigenvalue weighted by Gasteiger charge is -2.36. The Kier molecular flexibility index (Phi) is 10.2. The monoisotopic (exact) mass is 499 g/mol. The van der Waals surface area contributed by atoms with E-state index in [0.717, 1.165) is 18.4 Å². The summed E-state index contributed by atoms with van der Waals surface area (Å²) in [5, 5.41) is 6.38. The SMILES string of the molecule is CN=C(NCc1cc(C)ccc1OC(F)F)NCC1(OC)CCOCC1.I. The van der Waals surface area contributed by atoms with Gasteiger partial charge in [-0.15, -0.1) is 24.0 Å². The first-order valence-electron chi connectivity index (χ1n) is 8.60. The van der Waals surface area contributed by atoms with Crippen molar-refractivity contribution in [2.24, 2.45) is 4.99 Å². The topological polar surface area (TPSA) is 64.1 Å². The van der Waals surface area contributed by atoms with Gasteiger partial charge in [0.2, 0.25) is 0 Å². The van der Waals surface area contributed by atoms with Gasteiger partial charge in [0.1, 0.15) is 5.75 Å². The lowest BCUT2D eigenvalue weighted by Crippen LogP contribution is -2.50. The quantitative estimate of drug-likeness (QED) is 0.343. The van der Waals surface area contributed by atoms with Crippen LogP contribution in [0.4, 0.5) is 8.78 Å². The number of benzene rings is 1. The van der Waals surface area contributed by atoms with Crippen molar-refractivity contribution in [3.63, 3.8) is 0 Å². The van der Waals surface area contributed by atoms with E-state index < -0.39 is 6.61 Å². The number of nitrogens with zero attached hydrogens (tertiary/aromatic N) is 1. The Morgan fingerprint density at radius 2 is 2.00 bits per heavy atom. The molecule has 6 nitrogen and oxygen atoms in total. The molecule has 0 saturated carbocycles. The van der Waals surface area contributed by atoms with Crippen molar-refractivity contribution in [3.05, 3.63) is 29.3 Å². The van der Waals surface area contributed by atoms with Gasteiger partial charge in [-0.25, -0.2) is 0 Å². The predicted octanol–water partition coefficient (Wildman–Crippen LogP) is 3.08. The normalized spacial score (nSPS) is 16.6. The highest BCUT2D eigenvalue weighted by Gasteiger charge is 2.32. The Hall–Kier alpha value is -1.20. The minimum absolute atomic E-state index is 0. The number of methoxy groups -OCH3 is 1. The number of alkyl halides is 2. The standard InChI is InChI=1S/C18H27F2N3O3.HI/c1-13-4-5-15(26-16(19)20)14(10-13)11-22-17(21-2)23-12-18(24-3)6-8-25-9-7-18;/h4-5,10,16H,6-9,11-12H2,1-3H3,(H2,21,22,23);1H.